The molecule has 0 saturated carbocycles. The molecule has 220 valence electrons. The highest BCUT2D eigenvalue weighted by Gasteiger charge is 2.52. The summed E-state index contributed by atoms with van der Waals surface area (Å²) in [6.45, 7) is 2.56. The van der Waals surface area contributed by atoms with Crippen molar-refractivity contribution in [2.45, 2.75) is 44.4 Å². The number of aromatic nitrogens is 1. The van der Waals surface area contributed by atoms with Crippen molar-refractivity contribution < 1.29 is 24.5 Å². The van der Waals surface area contributed by atoms with Gasteiger partial charge in [-0.3, -0.25) is 19.0 Å². The SMILES string of the molecule is COc1cccn(-c2ccc(CN3C(=O)[C@@](O)([C@@H](C)/C=C/CC(=O)N4CCC[C@H]4CO)c4cc(Br)ccc43)cc2)c1=O. The summed E-state index contributed by atoms with van der Waals surface area (Å²) in [4.78, 5) is 42.5. The fraction of sp³-hybridized carbons (Fsp3) is 0.344. The molecule has 5 rings (SSSR count). The summed E-state index contributed by atoms with van der Waals surface area (Å²) in [5.74, 6) is -0.911. The molecule has 2 aliphatic rings. The number of methoxy groups -OCH3 is 1. The smallest absolute Gasteiger partial charge is 0.297 e. The monoisotopic (exact) mass is 635 g/mol. The number of carbonyl (C=O) groups is 2. The number of aliphatic hydroxyl groups is 2. The highest BCUT2D eigenvalue weighted by molar-refractivity contribution is 9.10. The van der Waals surface area contributed by atoms with Crippen molar-refractivity contribution >= 4 is 33.4 Å². The van der Waals surface area contributed by atoms with Gasteiger partial charge >= 0.3 is 0 Å². The molecule has 0 unspecified atom stereocenters. The number of hydrogen-bond donors (Lipinski definition) is 2. The Bertz CT molecular complexity index is 1570. The van der Waals surface area contributed by atoms with Gasteiger partial charge in [-0.2, -0.15) is 0 Å². The predicted octanol–water partition coefficient (Wildman–Crippen LogP) is 3.91. The van der Waals surface area contributed by atoms with E-state index in [1.54, 1.807) is 65.4 Å². The first-order valence-corrected chi connectivity index (χ1v) is 14.7. The van der Waals surface area contributed by atoms with Gasteiger partial charge in [0.25, 0.3) is 11.5 Å². The zero-order valence-corrected chi connectivity index (χ0v) is 25.2. The van der Waals surface area contributed by atoms with Crippen LogP contribution in [-0.4, -0.2) is 57.8 Å². The Balaban J connectivity index is 1.36. The number of rotatable bonds is 9. The first kappa shape index (κ1) is 29.8. The van der Waals surface area contributed by atoms with Crippen LogP contribution < -0.4 is 15.2 Å². The van der Waals surface area contributed by atoms with Crippen LogP contribution in [0.25, 0.3) is 5.69 Å². The number of anilines is 1. The maximum Gasteiger partial charge on any atom is 0.297 e. The third-order valence-electron chi connectivity index (χ3n) is 8.20. The first-order chi connectivity index (χ1) is 20.2. The molecule has 3 aromatic rings. The first-order valence-electron chi connectivity index (χ1n) is 13.9. The van der Waals surface area contributed by atoms with Crippen LogP contribution in [0.3, 0.4) is 0 Å². The Labute approximate surface area is 252 Å². The van der Waals surface area contributed by atoms with E-state index in [4.69, 9.17) is 4.74 Å². The van der Waals surface area contributed by atoms with Crippen LogP contribution in [0.5, 0.6) is 5.75 Å². The highest BCUT2D eigenvalue weighted by atomic mass is 79.9. The average Bonchev–Trinajstić information content (AvgIpc) is 3.56. The summed E-state index contributed by atoms with van der Waals surface area (Å²) in [6.07, 6.45) is 6.87. The van der Waals surface area contributed by atoms with Crippen molar-refractivity contribution in [2.75, 3.05) is 25.2 Å². The van der Waals surface area contributed by atoms with Crippen LogP contribution in [-0.2, 0) is 21.7 Å². The number of pyridine rings is 1. The van der Waals surface area contributed by atoms with Crippen molar-refractivity contribution in [3.8, 4) is 11.4 Å². The third-order valence-corrected chi connectivity index (χ3v) is 8.70. The van der Waals surface area contributed by atoms with Gasteiger partial charge in [-0.15, -0.1) is 0 Å². The van der Waals surface area contributed by atoms with Crippen LogP contribution in [0.4, 0.5) is 5.69 Å². The number of nitrogens with zero attached hydrogens (tertiary/aromatic N) is 3. The average molecular weight is 637 g/mol. The second kappa shape index (κ2) is 12.2. The summed E-state index contributed by atoms with van der Waals surface area (Å²) in [6, 6.07) is 15.9. The molecule has 2 aliphatic heterocycles. The lowest BCUT2D eigenvalue weighted by Crippen LogP contribution is -2.44. The van der Waals surface area contributed by atoms with Gasteiger partial charge in [-0.05, 0) is 60.9 Å². The molecule has 2 N–H and O–H groups in total. The lowest BCUT2D eigenvalue weighted by Gasteiger charge is -2.28. The summed E-state index contributed by atoms with van der Waals surface area (Å²) in [5, 5.41) is 21.5. The summed E-state index contributed by atoms with van der Waals surface area (Å²) in [5.41, 5.74) is 0.475. The molecule has 9 nitrogen and oxygen atoms in total. The van der Waals surface area contributed by atoms with E-state index in [2.05, 4.69) is 15.9 Å². The minimum Gasteiger partial charge on any atom is -0.491 e. The number of benzene rings is 2. The molecule has 10 heteroatoms. The molecule has 1 saturated heterocycles. The number of fused-ring (bicyclic) bond motifs is 1. The number of carbonyl (C=O) groups excluding carboxylic acids is 2. The maximum atomic E-state index is 13.9. The molecule has 2 amide bonds. The molecule has 1 aromatic heterocycles. The fourth-order valence-corrected chi connectivity index (χ4v) is 6.20. The molecule has 0 bridgehead atoms. The van der Waals surface area contributed by atoms with E-state index in [9.17, 15) is 24.6 Å². The fourth-order valence-electron chi connectivity index (χ4n) is 5.84. The topological polar surface area (TPSA) is 112 Å². The van der Waals surface area contributed by atoms with Gasteiger partial charge < -0.3 is 24.7 Å². The molecular weight excluding hydrogens is 602 g/mol. The Morgan fingerprint density at radius 2 is 1.95 bits per heavy atom. The number of ether oxygens (including phenoxy) is 1. The van der Waals surface area contributed by atoms with Crippen molar-refractivity contribution in [1.82, 2.24) is 9.47 Å². The quantitative estimate of drug-likeness (QED) is 0.345. The van der Waals surface area contributed by atoms with Gasteiger partial charge in [0.05, 0.1) is 32.0 Å². The zero-order valence-electron chi connectivity index (χ0n) is 23.6. The van der Waals surface area contributed by atoms with Gasteiger partial charge in [0.1, 0.15) is 0 Å². The van der Waals surface area contributed by atoms with Crippen molar-refractivity contribution in [2.24, 2.45) is 5.92 Å². The normalized spacial score (nSPS) is 20.8. The summed E-state index contributed by atoms with van der Waals surface area (Å²) >= 11 is 3.47. The lowest BCUT2D eigenvalue weighted by molar-refractivity contribution is -0.139. The summed E-state index contributed by atoms with van der Waals surface area (Å²) in [7, 11) is 1.45. The highest BCUT2D eigenvalue weighted by Crippen LogP contribution is 2.46. The molecule has 2 aromatic carbocycles. The van der Waals surface area contributed by atoms with Crippen molar-refractivity contribution in [3.05, 3.63) is 98.9 Å². The third kappa shape index (κ3) is 5.42. The minimum atomic E-state index is -1.83. The second-order valence-corrected chi connectivity index (χ2v) is 11.6. The summed E-state index contributed by atoms with van der Waals surface area (Å²) < 4.78 is 7.36. The van der Waals surface area contributed by atoms with Crippen LogP contribution in [0, 0.1) is 5.92 Å². The van der Waals surface area contributed by atoms with E-state index < -0.39 is 17.4 Å². The van der Waals surface area contributed by atoms with Gasteiger partial charge in [0.15, 0.2) is 11.4 Å². The van der Waals surface area contributed by atoms with E-state index >= 15 is 0 Å². The van der Waals surface area contributed by atoms with E-state index in [-0.39, 0.29) is 42.8 Å². The Hall–Kier alpha value is -3.73. The lowest BCUT2D eigenvalue weighted by atomic mass is 9.83. The number of hydrogen-bond acceptors (Lipinski definition) is 6. The van der Waals surface area contributed by atoms with Gasteiger partial charge in [-0.25, -0.2) is 0 Å². The van der Waals surface area contributed by atoms with E-state index in [0.29, 0.717) is 23.5 Å². The van der Waals surface area contributed by atoms with Crippen LogP contribution in [0.15, 0.2) is 82.2 Å². The number of likely N-dealkylation sites (tertiary alicyclic amines) is 1. The number of amides is 2. The Kier molecular flexibility index (Phi) is 8.68. The van der Waals surface area contributed by atoms with E-state index in [1.807, 2.05) is 24.3 Å². The Morgan fingerprint density at radius 3 is 2.67 bits per heavy atom. The molecule has 0 aliphatic carbocycles. The van der Waals surface area contributed by atoms with Gasteiger partial charge in [0.2, 0.25) is 5.91 Å². The largest absolute Gasteiger partial charge is 0.491 e. The Morgan fingerprint density at radius 1 is 1.19 bits per heavy atom. The van der Waals surface area contributed by atoms with Crippen LogP contribution in [0.1, 0.15) is 37.3 Å². The van der Waals surface area contributed by atoms with Gasteiger partial charge in [-0.1, -0.05) is 47.1 Å². The maximum absolute atomic E-state index is 13.9. The molecule has 3 heterocycles. The number of halogens is 1. The molecule has 42 heavy (non-hydrogen) atoms. The second-order valence-electron chi connectivity index (χ2n) is 10.7. The van der Waals surface area contributed by atoms with E-state index in [0.717, 1.165) is 22.9 Å². The molecule has 0 spiro atoms. The molecule has 3 atom stereocenters. The van der Waals surface area contributed by atoms with Crippen molar-refractivity contribution in [1.29, 1.82) is 0 Å². The minimum absolute atomic E-state index is 0.0517. The molecular formula is C32H34BrN3O6. The van der Waals surface area contributed by atoms with Crippen molar-refractivity contribution in [3.63, 3.8) is 0 Å². The van der Waals surface area contributed by atoms with Crippen LogP contribution >= 0.6 is 15.9 Å². The standard InChI is InChI=1S/C32H34BrN3O6/c1-21(6-3-9-29(38)34-16-4-7-25(34)20-37)32(41)26-18-23(33)12-15-27(26)36(31(32)40)19-22-10-13-24(14-11-22)35-17-5-8-28(42-2)30(35)39/h3,5-6,8,10-15,17-18,21,25,37,41H,4,7,9,16,19-20H2,1-2H3/b6-3+/t21-,25-,32+/m0/s1. The number of aliphatic hydroxyl groups excluding tert-OH is 1. The van der Waals surface area contributed by atoms with Gasteiger partial charge in [0, 0.05) is 40.8 Å². The van der Waals surface area contributed by atoms with E-state index in [1.165, 1.54) is 11.7 Å². The zero-order chi connectivity index (χ0) is 30.0. The molecule has 1 fully saturated rings. The van der Waals surface area contributed by atoms with Crippen LogP contribution in [0.2, 0.25) is 0 Å². The molecule has 0 radical (unpaired) electrons. The predicted molar refractivity (Wildman–Crippen MR) is 163 cm³/mol.